The molecule has 0 amide bonds. The Hall–Kier alpha value is -1.93. The van der Waals surface area contributed by atoms with Gasteiger partial charge in [-0.05, 0) is 18.2 Å². The van der Waals surface area contributed by atoms with E-state index >= 15 is 0 Å². The minimum absolute atomic E-state index is 0.00322. The Morgan fingerprint density at radius 3 is 2.78 bits per heavy atom. The summed E-state index contributed by atoms with van der Waals surface area (Å²) in [5, 5.41) is 7.30. The summed E-state index contributed by atoms with van der Waals surface area (Å²) in [6, 6.07) is 4.76. The first-order valence-corrected chi connectivity index (χ1v) is 4.91. The molecule has 0 aliphatic heterocycles. The molecule has 0 aliphatic rings. The highest BCUT2D eigenvalue weighted by molar-refractivity contribution is 5.37. The van der Waals surface area contributed by atoms with Crippen LogP contribution in [0.25, 0.3) is 5.69 Å². The second kappa shape index (κ2) is 4.75. The Morgan fingerprint density at radius 1 is 1.33 bits per heavy atom. The molecule has 0 spiro atoms. The second-order valence-electron chi connectivity index (χ2n) is 3.50. The van der Waals surface area contributed by atoms with Crippen molar-refractivity contribution in [1.82, 2.24) is 15.0 Å². The number of alkyl halides is 3. The minimum atomic E-state index is -4.40. The summed E-state index contributed by atoms with van der Waals surface area (Å²) in [6.07, 6.45) is -3.03. The van der Waals surface area contributed by atoms with Gasteiger partial charge in [0, 0.05) is 0 Å². The Morgan fingerprint density at radius 2 is 2.11 bits per heavy atom. The summed E-state index contributed by atoms with van der Waals surface area (Å²) in [5.41, 5.74) is -0.0543. The molecule has 5 nitrogen and oxygen atoms in total. The van der Waals surface area contributed by atoms with Gasteiger partial charge in [-0.2, -0.15) is 13.2 Å². The number of hydrogen-bond acceptors (Lipinski definition) is 4. The molecular weight excluding hydrogens is 249 g/mol. The van der Waals surface area contributed by atoms with Gasteiger partial charge < -0.3 is 0 Å². The summed E-state index contributed by atoms with van der Waals surface area (Å²) in [6.45, 7) is 0.00322. The molecule has 0 saturated heterocycles. The summed E-state index contributed by atoms with van der Waals surface area (Å²) in [7, 11) is 0. The van der Waals surface area contributed by atoms with Crippen molar-refractivity contribution < 1.29 is 18.0 Å². The molecule has 0 atom stereocenters. The zero-order valence-corrected chi connectivity index (χ0v) is 9.05. The van der Waals surface area contributed by atoms with Crippen LogP contribution in [0.5, 0.6) is 0 Å². The highest BCUT2D eigenvalue weighted by atomic mass is 19.4. The van der Waals surface area contributed by atoms with Crippen LogP contribution in [0.1, 0.15) is 11.3 Å². The predicted octanol–water partition coefficient (Wildman–Crippen LogP) is 1.68. The van der Waals surface area contributed by atoms with Crippen molar-refractivity contribution in [2.75, 3.05) is 0 Å². The molecule has 1 aromatic heterocycles. The molecule has 0 bridgehead atoms. The average Bonchev–Trinajstić information content (AvgIpc) is 2.77. The first kappa shape index (κ1) is 12.5. The van der Waals surface area contributed by atoms with Gasteiger partial charge in [-0.1, -0.05) is 11.3 Å². The number of nitrogens with zero attached hydrogens (tertiary/aromatic N) is 3. The fourth-order valence-electron chi connectivity index (χ4n) is 1.47. The first-order chi connectivity index (χ1) is 8.52. The Kier molecular flexibility index (Phi) is 3.30. The van der Waals surface area contributed by atoms with E-state index in [1.807, 2.05) is 0 Å². The van der Waals surface area contributed by atoms with Crippen LogP contribution in [0.15, 0.2) is 30.5 Å². The highest BCUT2D eigenvalue weighted by Crippen LogP contribution is 2.30. The number of hydrogen-bond donors (Lipinski definition) is 1. The highest BCUT2D eigenvalue weighted by Gasteiger charge is 2.30. The van der Waals surface area contributed by atoms with Crippen molar-refractivity contribution in [2.24, 2.45) is 5.90 Å². The van der Waals surface area contributed by atoms with Crippen molar-refractivity contribution in [3.8, 4) is 5.69 Å². The van der Waals surface area contributed by atoms with E-state index in [1.54, 1.807) is 0 Å². The molecule has 8 heteroatoms. The van der Waals surface area contributed by atoms with Crippen LogP contribution >= 0.6 is 0 Å². The summed E-state index contributed by atoms with van der Waals surface area (Å²) >= 11 is 0. The quantitative estimate of drug-likeness (QED) is 0.850. The number of nitrogens with two attached hydrogens (primary N) is 1. The van der Waals surface area contributed by atoms with E-state index in [9.17, 15) is 13.2 Å². The van der Waals surface area contributed by atoms with E-state index in [4.69, 9.17) is 5.90 Å². The molecule has 1 heterocycles. The van der Waals surface area contributed by atoms with Crippen LogP contribution in [0.4, 0.5) is 13.2 Å². The van der Waals surface area contributed by atoms with Gasteiger partial charge in [0.15, 0.2) is 0 Å². The first-order valence-electron chi connectivity index (χ1n) is 4.91. The Bertz CT molecular complexity index is 538. The molecule has 0 unspecified atom stereocenters. The van der Waals surface area contributed by atoms with Crippen LogP contribution in [-0.4, -0.2) is 15.0 Å². The van der Waals surface area contributed by atoms with Crippen LogP contribution in [0.2, 0.25) is 0 Å². The topological polar surface area (TPSA) is 66.0 Å². The van der Waals surface area contributed by atoms with Crippen LogP contribution < -0.4 is 5.90 Å². The number of halogens is 3. The van der Waals surface area contributed by atoms with Gasteiger partial charge in [0.1, 0.15) is 6.61 Å². The van der Waals surface area contributed by atoms with E-state index in [0.29, 0.717) is 5.69 Å². The third-order valence-electron chi connectivity index (χ3n) is 2.27. The number of rotatable bonds is 3. The van der Waals surface area contributed by atoms with Gasteiger partial charge in [-0.3, -0.25) is 4.84 Å². The second-order valence-corrected chi connectivity index (χ2v) is 3.50. The van der Waals surface area contributed by atoms with Gasteiger partial charge in [0.05, 0.1) is 23.1 Å². The molecule has 18 heavy (non-hydrogen) atoms. The maximum atomic E-state index is 12.6. The standard InChI is InChI=1S/C10H9F3N4O/c11-10(12,13)7-2-1-3-8(4-7)17-9(6-18-14)5-15-16-17/h1-5H,6,14H2. The SMILES string of the molecule is NOCc1cnnn1-c1cccc(C(F)(F)F)c1. The predicted molar refractivity (Wildman–Crippen MR) is 55.3 cm³/mol. The Labute approximate surface area is 99.9 Å². The third-order valence-corrected chi connectivity index (χ3v) is 2.27. The number of aromatic nitrogens is 3. The van der Waals surface area contributed by atoms with E-state index in [-0.39, 0.29) is 12.3 Å². The van der Waals surface area contributed by atoms with Gasteiger partial charge in [0.25, 0.3) is 0 Å². The van der Waals surface area contributed by atoms with Gasteiger partial charge in [-0.25, -0.2) is 10.6 Å². The molecule has 0 radical (unpaired) electrons. The molecule has 0 fully saturated rings. The molecule has 1 aromatic carbocycles. The third kappa shape index (κ3) is 2.49. The van der Waals surface area contributed by atoms with E-state index in [1.165, 1.54) is 23.0 Å². The maximum Gasteiger partial charge on any atom is 0.416 e. The lowest BCUT2D eigenvalue weighted by Crippen LogP contribution is -2.09. The van der Waals surface area contributed by atoms with E-state index in [2.05, 4.69) is 15.1 Å². The number of benzene rings is 1. The summed E-state index contributed by atoms with van der Waals surface area (Å²) in [4.78, 5) is 4.42. The summed E-state index contributed by atoms with van der Waals surface area (Å²) < 4.78 is 38.9. The molecule has 0 aliphatic carbocycles. The monoisotopic (exact) mass is 258 g/mol. The molecule has 2 N–H and O–H groups in total. The largest absolute Gasteiger partial charge is 0.416 e. The molecule has 96 valence electrons. The van der Waals surface area contributed by atoms with Crippen LogP contribution in [0.3, 0.4) is 0 Å². The van der Waals surface area contributed by atoms with Crippen LogP contribution in [0, 0.1) is 0 Å². The lowest BCUT2D eigenvalue weighted by molar-refractivity contribution is -0.137. The summed E-state index contributed by atoms with van der Waals surface area (Å²) in [5.74, 6) is 4.92. The zero-order valence-electron chi connectivity index (χ0n) is 9.05. The van der Waals surface area contributed by atoms with Crippen molar-refractivity contribution in [3.63, 3.8) is 0 Å². The van der Waals surface area contributed by atoms with E-state index in [0.717, 1.165) is 12.1 Å². The van der Waals surface area contributed by atoms with E-state index < -0.39 is 11.7 Å². The van der Waals surface area contributed by atoms with Crippen molar-refractivity contribution in [2.45, 2.75) is 12.8 Å². The van der Waals surface area contributed by atoms with Crippen molar-refractivity contribution >= 4 is 0 Å². The normalized spacial score (nSPS) is 11.8. The fourth-order valence-corrected chi connectivity index (χ4v) is 1.47. The van der Waals surface area contributed by atoms with Crippen molar-refractivity contribution in [1.29, 1.82) is 0 Å². The fraction of sp³-hybridized carbons (Fsp3) is 0.200. The van der Waals surface area contributed by atoms with Gasteiger partial charge in [0.2, 0.25) is 0 Å². The molecule has 2 aromatic rings. The van der Waals surface area contributed by atoms with Gasteiger partial charge in [-0.15, -0.1) is 5.10 Å². The van der Waals surface area contributed by atoms with Crippen molar-refractivity contribution in [3.05, 3.63) is 41.7 Å². The smallest absolute Gasteiger partial charge is 0.298 e. The zero-order chi connectivity index (χ0) is 13.2. The molecule has 2 rings (SSSR count). The average molecular weight is 258 g/mol. The maximum absolute atomic E-state index is 12.6. The van der Waals surface area contributed by atoms with Crippen LogP contribution in [-0.2, 0) is 17.6 Å². The molecule has 0 saturated carbocycles. The minimum Gasteiger partial charge on any atom is -0.298 e. The van der Waals surface area contributed by atoms with Gasteiger partial charge >= 0.3 is 6.18 Å². The lowest BCUT2D eigenvalue weighted by atomic mass is 10.2. The molecular formula is C10H9F3N4O. The lowest BCUT2D eigenvalue weighted by Gasteiger charge is -2.09. The Balaban J connectivity index is 2.42.